The summed E-state index contributed by atoms with van der Waals surface area (Å²) in [5, 5.41) is 182. The Kier molecular flexibility index (Phi) is 48.6. The number of ether oxygens (including phenoxy) is 10. The van der Waals surface area contributed by atoms with Gasteiger partial charge in [-0.05, 0) is 85.5 Å². The van der Waals surface area contributed by atoms with Crippen LogP contribution in [0.1, 0.15) is 143 Å². The Morgan fingerprint density at radius 1 is 0.310 bits per heavy atom. The summed E-state index contributed by atoms with van der Waals surface area (Å²) >= 11 is 0. The predicted octanol–water partition coefficient (Wildman–Crippen LogP) is -9.13. The summed E-state index contributed by atoms with van der Waals surface area (Å²) in [6.07, 6.45) is -28.7. The second-order valence-electron chi connectivity index (χ2n) is 28.4. The summed E-state index contributed by atoms with van der Waals surface area (Å²) < 4.78 is 54.9. The molecule has 656 valence electrons. The van der Waals surface area contributed by atoms with Crippen molar-refractivity contribution < 1.29 is 167 Å². The Morgan fingerprint density at radius 2 is 0.637 bits per heavy atom. The van der Waals surface area contributed by atoms with Crippen LogP contribution in [-0.2, 0) is 85.7 Å². The van der Waals surface area contributed by atoms with Crippen LogP contribution in [0.4, 0.5) is 0 Å². The molecule has 25 atom stereocenters. The zero-order valence-corrected chi connectivity index (χ0v) is 64.9. The molecule has 0 aromatic carbocycles. The van der Waals surface area contributed by atoms with Crippen LogP contribution >= 0.6 is 0 Å². The first-order chi connectivity index (χ1) is 53.9. The molecule has 5 fully saturated rings. The van der Waals surface area contributed by atoms with E-state index in [4.69, 9.17) is 47.4 Å². The van der Waals surface area contributed by atoms with E-state index in [1.54, 1.807) is 6.92 Å². The van der Waals surface area contributed by atoms with Gasteiger partial charge in [-0.1, -0.05) is 19.3 Å². The third-order valence-electron chi connectivity index (χ3n) is 19.1. The summed E-state index contributed by atoms with van der Waals surface area (Å²) in [6.45, 7) is 5.59. The van der Waals surface area contributed by atoms with Crippen molar-refractivity contribution in [3.63, 3.8) is 0 Å². The third-order valence-corrected chi connectivity index (χ3v) is 19.1. The molecule has 0 unspecified atom stereocenters. The number of rotatable bonds is 51. The summed E-state index contributed by atoms with van der Waals surface area (Å²) in [7, 11) is 0. The number of carbonyl (C=O) groups excluding carboxylic acids is 8. The van der Waals surface area contributed by atoms with Crippen molar-refractivity contribution in [1.82, 2.24) is 42.1 Å². The quantitative estimate of drug-likeness (QED) is 0.0252. The van der Waals surface area contributed by atoms with Gasteiger partial charge in [-0.2, -0.15) is 0 Å². The van der Waals surface area contributed by atoms with E-state index in [1.807, 2.05) is 13.8 Å². The fraction of sp³-hybridized carbons (Fsp3) is 0.887. The third kappa shape index (κ3) is 35.9. The number of hydrogen-bond donors (Lipinski definition) is 23. The highest BCUT2D eigenvalue weighted by atomic mass is 16.8. The van der Waals surface area contributed by atoms with Crippen molar-refractivity contribution in [2.75, 3.05) is 105 Å². The van der Waals surface area contributed by atoms with E-state index >= 15 is 0 Å². The van der Waals surface area contributed by atoms with Crippen LogP contribution < -0.4 is 37.2 Å². The van der Waals surface area contributed by atoms with E-state index in [1.165, 1.54) is 11.8 Å². The molecule has 5 aliphatic heterocycles. The van der Waals surface area contributed by atoms with E-state index in [2.05, 4.69) is 37.2 Å². The Bertz CT molecular complexity index is 2740. The highest BCUT2D eigenvalue weighted by Crippen LogP contribution is 2.32. The number of unbranched alkanes of at least 4 members (excludes halogenated alkanes) is 7. The summed E-state index contributed by atoms with van der Waals surface area (Å²) in [6, 6.07) is 0. The van der Waals surface area contributed by atoms with Crippen LogP contribution in [0, 0.1) is 0 Å². The highest BCUT2D eigenvalue weighted by Gasteiger charge is 2.53. The molecule has 42 nitrogen and oxygen atoms in total. The maximum atomic E-state index is 13.1. The van der Waals surface area contributed by atoms with E-state index in [-0.39, 0.29) is 108 Å². The molecule has 0 radical (unpaired) electrons. The lowest BCUT2D eigenvalue weighted by atomic mass is 9.96. The summed E-state index contributed by atoms with van der Waals surface area (Å²) in [4.78, 5) is 100. The van der Waals surface area contributed by atoms with Crippen molar-refractivity contribution in [3.8, 4) is 0 Å². The Morgan fingerprint density at radius 3 is 1.05 bits per heavy atom. The topological polar surface area (TPSA) is 640 Å². The molecule has 23 N–H and O–H groups in total. The van der Waals surface area contributed by atoms with E-state index < -0.39 is 191 Å². The molecule has 5 aliphatic rings. The first kappa shape index (κ1) is 100. The molecule has 5 saturated heterocycles. The molecule has 0 aromatic heterocycles. The van der Waals surface area contributed by atoms with Gasteiger partial charge in [0.1, 0.15) is 116 Å². The minimum Gasteiger partial charge on any atom is -0.394 e. The van der Waals surface area contributed by atoms with Gasteiger partial charge in [0.2, 0.25) is 41.4 Å². The number of nitrogens with zero attached hydrogens (tertiary/aromatic N) is 1. The van der Waals surface area contributed by atoms with Crippen LogP contribution in [0.25, 0.3) is 0 Å². The average molecular weight is 1640 g/mol. The molecule has 0 bridgehead atoms. The van der Waals surface area contributed by atoms with Gasteiger partial charge in [0.05, 0.1) is 71.5 Å². The Balaban J connectivity index is 0.000000910. The lowest BCUT2D eigenvalue weighted by Crippen LogP contribution is -2.65. The number of Topliss-reactive ketones (excluding diaryl/α,β-unsaturated/α-hetero) is 1. The van der Waals surface area contributed by atoms with Gasteiger partial charge in [-0.3, -0.25) is 43.3 Å². The summed E-state index contributed by atoms with van der Waals surface area (Å²) in [5.74, 6) is -1.86. The van der Waals surface area contributed by atoms with Crippen LogP contribution in [-0.4, -0.2) is 392 Å². The van der Waals surface area contributed by atoms with E-state index in [9.17, 15) is 120 Å². The number of ketones is 1. The van der Waals surface area contributed by atoms with Gasteiger partial charge in [-0.15, -0.1) is 0 Å². The maximum Gasteiger partial charge on any atom is 0.234 e. The molecule has 42 heteroatoms. The van der Waals surface area contributed by atoms with Gasteiger partial charge < -0.3 is 166 Å². The maximum absolute atomic E-state index is 13.1. The van der Waals surface area contributed by atoms with Gasteiger partial charge in [0.15, 0.2) is 31.5 Å². The zero-order valence-electron chi connectivity index (χ0n) is 64.9. The number of aliphatic hydroxyl groups is 16. The molecule has 7 amide bonds. The standard InChI is InChI=1S/C54H97N7O27.C17H31NO7/c1-3-55-33(64)13-7-4-10-16-56-36(67)23-61(24-37(68)57-17-11-5-8-14-34(65)59-19-21-81-51-46(77)43(74)39(70)29(2)84-51)25-38(69)58-18-12-6-9-15-35(66)60-20-22-82-53-49(80)50(88-54-48(79)45(76)41(72)31(27-63)86-54)42(73)32(87-53)28-83-52-47(78)44(75)40(71)30(26-62)85-52;1-3-18-13(20)9-5-4-7-12(19)8-6-10-24-17-16(23)15(22)14(21)11(2)25-17/h29-32,39-54,62-63,70-80H,3-28H2,1-2H3,(H,55,64)(H,56,67)(H,57,68)(H,58,69)(H,59,65)(H,60,66);11,14-17,21-23H,3-10H2,1-2H3,(H,18,20)/t29-,30+,31+,32+,39+,40+,41+,42+,43+,44-,45-,46-,47-,48-,49-,50-,51+,52-,53-,54+;11-,14+,15+,16-,17+/m00/s1. The second kappa shape index (κ2) is 54.8. The van der Waals surface area contributed by atoms with Crippen molar-refractivity contribution in [2.24, 2.45) is 0 Å². The van der Waals surface area contributed by atoms with E-state index in [0.717, 1.165) is 0 Å². The smallest absolute Gasteiger partial charge is 0.234 e. The zero-order chi connectivity index (χ0) is 83.7. The Labute approximate surface area is 656 Å². The lowest BCUT2D eigenvalue weighted by Gasteiger charge is -2.46. The first-order valence-electron chi connectivity index (χ1n) is 39.1. The van der Waals surface area contributed by atoms with Crippen molar-refractivity contribution in [3.05, 3.63) is 0 Å². The lowest BCUT2D eigenvalue weighted by molar-refractivity contribution is -0.366. The van der Waals surface area contributed by atoms with Gasteiger partial charge in [0, 0.05) is 84.3 Å². The van der Waals surface area contributed by atoms with Gasteiger partial charge >= 0.3 is 0 Å². The molecule has 113 heavy (non-hydrogen) atoms. The van der Waals surface area contributed by atoms with Crippen molar-refractivity contribution in [2.45, 2.75) is 297 Å². The van der Waals surface area contributed by atoms with Crippen LogP contribution in [0.15, 0.2) is 0 Å². The fourth-order valence-corrected chi connectivity index (χ4v) is 12.4. The normalized spacial score (nSPS) is 31.8. The number of carbonyl (C=O) groups is 8. The molecule has 5 rings (SSSR count). The molecular weight excluding hydrogens is 1510 g/mol. The van der Waals surface area contributed by atoms with Crippen LogP contribution in [0.5, 0.6) is 0 Å². The minimum absolute atomic E-state index is 0.0101. The minimum atomic E-state index is -1.94. The molecule has 5 heterocycles. The SMILES string of the molecule is CCNC(=O)CCCCC(=O)CCCO[C@@H]1O[C@@H](C)[C@@H](O)[C@@H](O)[C@@H]1O.CCNC(=O)CCCCCNC(=O)CN(CC(=O)NCCCCCC(=O)NCCO[C@@H]1O[C@@H](C)[C@@H](O)[C@@H](O)[C@@H]1O)CC(=O)NCCCCCC(=O)NCCO[C@H]1O[C@H](CO[C@H]2O[C@H](CO)[C@@H](O)[C@H](O)[C@@H]2O)[C@@H](O)[C@H](O[C@H]2O[C@H](CO)[C@@H](O)[C@H](O)[C@@H]2O)[C@@H]1O. The molecule has 0 aliphatic carbocycles. The van der Waals surface area contributed by atoms with Gasteiger partial charge in [-0.25, -0.2) is 0 Å². The van der Waals surface area contributed by atoms with Crippen molar-refractivity contribution >= 4 is 47.1 Å². The fourth-order valence-electron chi connectivity index (χ4n) is 12.4. The average Bonchev–Trinajstić information content (AvgIpc) is 0.765. The Hall–Kier alpha value is -5.12. The molecule has 0 spiro atoms. The number of aliphatic hydroxyl groups excluding tert-OH is 16. The largest absolute Gasteiger partial charge is 0.394 e. The van der Waals surface area contributed by atoms with Crippen LogP contribution in [0.3, 0.4) is 0 Å². The van der Waals surface area contributed by atoms with Gasteiger partial charge in [0.25, 0.3) is 0 Å². The van der Waals surface area contributed by atoms with Crippen LogP contribution in [0.2, 0.25) is 0 Å². The predicted molar refractivity (Wildman–Crippen MR) is 389 cm³/mol. The molecule has 0 aromatic rings. The number of amides is 7. The monoisotopic (exact) mass is 1640 g/mol. The van der Waals surface area contributed by atoms with E-state index in [0.29, 0.717) is 122 Å². The number of hydrogen-bond acceptors (Lipinski definition) is 35. The summed E-state index contributed by atoms with van der Waals surface area (Å²) in [5.41, 5.74) is 0. The molecule has 0 saturated carbocycles. The number of nitrogens with one attached hydrogen (secondary N) is 7. The highest BCUT2D eigenvalue weighted by molar-refractivity contribution is 5.84. The molecular formula is C71H128N8O34. The first-order valence-corrected chi connectivity index (χ1v) is 39.1. The second-order valence-corrected chi connectivity index (χ2v) is 28.4. The van der Waals surface area contributed by atoms with Crippen molar-refractivity contribution in [1.29, 1.82) is 0 Å².